The van der Waals surface area contributed by atoms with Crippen molar-refractivity contribution in [2.24, 2.45) is 0 Å². The number of aromatic hydroxyl groups is 1. The van der Waals surface area contributed by atoms with E-state index in [1.165, 1.54) is 13.2 Å². The number of amides is 1. The van der Waals surface area contributed by atoms with Crippen molar-refractivity contribution < 1.29 is 19.1 Å². The summed E-state index contributed by atoms with van der Waals surface area (Å²) in [7, 11) is 1.42. The van der Waals surface area contributed by atoms with Crippen molar-refractivity contribution in [2.45, 2.75) is 13.0 Å². The molecule has 0 aliphatic carbocycles. The van der Waals surface area contributed by atoms with E-state index < -0.39 is 11.9 Å². The molecule has 7 heteroatoms. The smallest absolute Gasteiger partial charge is 0.288 e. The van der Waals surface area contributed by atoms with E-state index in [9.17, 15) is 14.7 Å². The molecule has 0 unspecified atom stereocenters. The van der Waals surface area contributed by atoms with E-state index in [4.69, 9.17) is 20.8 Å². The lowest BCUT2D eigenvalue weighted by Crippen LogP contribution is -2.22. The molecule has 2 N–H and O–H groups in total. The van der Waals surface area contributed by atoms with Gasteiger partial charge in [0.2, 0.25) is 5.76 Å². The fraction of sp³-hybridized carbons (Fsp3) is 0.158. The van der Waals surface area contributed by atoms with Gasteiger partial charge in [-0.1, -0.05) is 17.7 Å². The van der Waals surface area contributed by atoms with E-state index in [2.05, 4.69) is 5.32 Å². The van der Waals surface area contributed by atoms with Crippen molar-refractivity contribution in [1.82, 2.24) is 5.32 Å². The molecule has 4 rings (SSSR count). The van der Waals surface area contributed by atoms with Crippen molar-refractivity contribution in [3.8, 4) is 11.5 Å². The summed E-state index contributed by atoms with van der Waals surface area (Å²) in [5.74, 6) is -0.271. The lowest BCUT2D eigenvalue weighted by Gasteiger charge is -2.13. The first-order valence-corrected chi connectivity index (χ1v) is 8.23. The number of benzene rings is 2. The average molecular weight is 372 g/mol. The Morgan fingerprint density at radius 3 is 2.73 bits per heavy atom. The predicted molar refractivity (Wildman–Crippen MR) is 96.2 cm³/mol. The van der Waals surface area contributed by atoms with Crippen molar-refractivity contribution in [3.05, 3.63) is 68.0 Å². The maximum absolute atomic E-state index is 13.0. The number of phenols is 1. The number of fused-ring (bicyclic) bond motifs is 2. The third-order valence-electron chi connectivity index (χ3n) is 4.51. The van der Waals surface area contributed by atoms with E-state index in [0.29, 0.717) is 21.6 Å². The minimum atomic E-state index is -0.701. The number of halogens is 1. The number of carbonyl (C=O) groups excluding carboxylic acids is 1. The first-order valence-electron chi connectivity index (χ1n) is 7.85. The molecule has 1 aliphatic heterocycles. The summed E-state index contributed by atoms with van der Waals surface area (Å²) in [6.07, 6.45) is 0. The third-order valence-corrected chi connectivity index (χ3v) is 4.92. The average Bonchev–Trinajstić information content (AvgIpc) is 2.94. The van der Waals surface area contributed by atoms with E-state index in [0.717, 1.165) is 5.56 Å². The van der Waals surface area contributed by atoms with Crippen LogP contribution in [0.5, 0.6) is 11.5 Å². The molecular weight excluding hydrogens is 358 g/mol. The molecule has 3 aromatic rings. The summed E-state index contributed by atoms with van der Waals surface area (Å²) in [5.41, 5.74) is 1.56. The van der Waals surface area contributed by atoms with Crippen LogP contribution in [0.15, 0.2) is 39.5 Å². The minimum absolute atomic E-state index is 0.0127. The van der Waals surface area contributed by atoms with Crippen LogP contribution in [-0.4, -0.2) is 18.1 Å². The lowest BCUT2D eigenvalue weighted by atomic mass is 9.98. The molecule has 1 aromatic heterocycles. The number of methoxy groups -OCH3 is 1. The summed E-state index contributed by atoms with van der Waals surface area (Å²) >= 11 is 6.14. The first-order chi connectivity index (χ1) is 12.4. The molecule has 1 amide bonds. The van der Waals surface area contributed by atoms with Gasteiger partial charge in [-0.3, -0.25) is 9.59 Å². The van der Waals surface area contributed by atoms with Gasteiger partial charge in [0.1, 0.15) is 5.58 Å². The molecule has 0 radical (unpaired) electrons. The zero-order valence-electron chi connectivity index (χ0n) is 13.9. The Hall–Kier alpha value is -2.99. The standard InChI is InChI=1S/C19H14ClNO5/c1-8-5-13-10(7-11(8)20)17(23)15-16(21-19(24)18(15)26-13)9-3-4-12(22)14(6-9)25-2/h3-7,16,22H,1-2H3,(H,21,24)/t16-/m1/s1. The highest BCUT2D eigenvalue weighted by Gasteiger charge is 2.36. The van der Waals surface area contributed by atoms with Crippen LogP contribution in [0.2, 0.25) is 5.02 Å². The normalized spacial score (nSPS) is 15.8. The van der Waals surface area contributed by atoms with Gasteiger partial charge < -0.3 is 19.6 Å². The highest BCUT2D eigenvalue weighted by atomic mass is 35.5. The zero-order chi connectivity index (χ0) is 18.6. The second-order valence-electron chi connectivity index (χ2n) is 6.11. The molecule has 26 heavy (non-hydrogen) atoms. The highest BCUT2D eigenvalue weighted by Crippen LogP contribution is 2.35. The van der Waals surface area contributed by atoms with Crippen molar-refractivity contribution in [2.75, 3.05) is 7.11 Å². The van der Waals surface area contributed by atoms with Gasteiger partial charge >= 0.3 is 0 Å². The fourth-order valence-electron chi connectivity index (χ4n) is 3.15. The summed E-state index contributed by atoms with van der Waals surface area (Å²) in [4.78, 5) is 25.4. The number of rotatable bonds is 2. The fourth-order valence-corrected chi connectivity index (χ4v) is 3.32. The van der Waals surface area contributed by atoms with E-state index in [1.807, 2.05) is 0 Å². The predicted octanol–water partition coefficient (Wildman–Crippen LogP) is 3.30. The Kier molecular flexibility index (Phi) is 3.66. The van der Waals surface area contributed by atoms with Crippen LogP contribution in [0.25, 0.3) is 11.0 Å². The summed E-state index contributed by atoms with van der Waals surface area (Å²) in [6.45, 7) is 1.79. The molecule has 6 nitrogen and oxygen atoms in total. The molecular formula is C19H14ClNO5. The summed E-state index contributed by atoms with van der Waals surface area (Å²) < 4.78 is 10.8. The van der Waals surface area contributed by atoms with E-state index in [1.54, 1.807) is 31.2 Å². The number of ether oxygens (including phenoxy) is 1. The summed E-state index contributed by atoms with van der Waals surface area (Å²) in [5, 5.41) is 13.3. The van der Waals surface area contributed by atoms with Crippen molar-refractivity contribution in [3.63, 3.8) is 0 Å². The largest absolute Gasteiger partial charge is 0.504 e. The van der Waals surface area contributed by atoms with Gasteiger partial charge in [-0.2, -0.15) is 0 Å². The van der Waals surface area contributed by atoms with Gasteiger partial charge in [0.15, 0.2) is 16.9 Å². The number of hydrogen-bond donors (Lipinski definition) is 2. The summed E-state index contributed by atoms with van der Waals surface area (Å²) in [6, 6.07) is 7.12. The van der Waals surface area contributed by atoms with Gasteiger partial charge in [0.25, 0.3) is 5.91 Å². The molecule has 0 fully saturated rings. The molecule has 132 valence electrons. The van der Waals surface area contributed by atoms with Gasteiger partial charge in [-0.15, -0.1) is 0 Å². The molecule has 1 aliphatic rings. The van der Waals surface area contributed by atoms with Crippen molar-refractivity contribution >= 4 is 28.5 Å². The van der Waals surface area contributed by atoms with Crippen LogP contribution in [0.1, 0.15) is 33.3 Å². The number of carbonyl (C=O) groups is 1. The topological polar surface area (TPSA) is 88.8 Å². The number of phenolic OH excluding ortho intramolecular Hbond substituents is 1. The van der Waals surface area contributed by atoms with Crippen LogP contribution < -0.4 is 15.5 Å². The number of hydrogen-bond acceptors (Lipinski definition) is 5. The van der Waals surface area contributed by atoms with Crippen LogP contribution in [-0.2, 0) is 0 Å². The van der Waals surface area contributed by atoms with Crippen LogP contribution in [0, 0.1) is 6.92 Å². The van der Waals surface area contributed by atoms with Gasteiger partial charge in [-0.05, 0) is 42.3 Å². The third kappa shape index (κ3) is 2.34. The first kappa shape index (κ1) is 16.5. The molecule has 2 heterocycles. The van der Waals surface area contributed by atoms with Crippen LogP contribution in [0.4, 0.5) is 0 Å². The highest BCUT2D eigenvalue weighted by molar-refractivity contribution is 6.32. The monoisotopic (exact) mass is 371 g/mol. The second kappa shape index (κ2) is 5.78. The van der Waals surface area contributed by atoms with E-state index >= 15 is 0 Å². The molecule has 0 saturated carbocycles. The second-order valence-corrected chi connectivity index (χ2v) is 6.52. The Morgan fingerprint density at radius 1 is 1.23 bits per heavy atom. The molecule has 0 bridgehead atoms. The molecule has 0 saturated heterocycles. The Morgan fingerprint density at radius 2 is 2.00 bits per heavy atom. The van der Waals surface area contributed by atoms with Crippen molar-refractivity contribution in [1.29, 1.82) is 0 Å². The Bertz CT molecular complexity index is 1130. The quantitative estimate of drug-likeness (QED) is 0.721. The Labute approximate surface area is 153 Å². The maximum atomic E-state index is 13.0. The SMILES string of the molecule is COc1cc([C@H]2NC(=O)c3oc4cc(C)c(Cl)cc4c(=O)c32)ccc1O. The van der Waals surface area contributed by atoms with Gasteiger partial charge in [0, 0.05) is 5.02 Å². The molecule has 0 spiro atoms. The number of nitrogens with one attached hydrogen (secondary N) is 1. The van der Waals surface area contributed by atoms with Gasteiger partial charge in [-0.25, -0.2) is 0 Å². The van der Waals surface area contributed by atoms with Gasteiger partial charge in [0.05, 0.1) is 24.1 Å². The van der Waals surface area contributed by atoms with Crippen LogP contribution >= 0.6 is 11.6 Å². The maximum Gasteiger partial charge on any atom is 0.288 e. The Balaban J connectivity index is 1.97. The zero-order valence-corrected chi connectivity index (χ0v) is 14.7. The minimum Gasteiger partial charge on any atom is -0.504 e. The molecule has 2 aromatic carbocycles. The van der Waals surface area contributed by atoms with Crippen LogP contribution in [0.3, 0.4) is 0 Å². The lowest BCUT2D eigenvalue weighted by molar-refractivity contribution is 0.0938. The molecule has 1 atom stereocenters. The number of aryl methyl sites for hydroxylation is 1. The van der Waals surface area contributed by atoms with E-state index in [-0.39, 0.29) is 28.3 Å².